The number of carboxylic acid groups (broad SMARTS) is 1. The van der Waals surface area contributed by atoms with Gasteiger partial charge in [-0.3, -0.25) is 4.79 Å². The van der Waals surface area contributed by atoms with Gasteiger partial charge < -0.3 is 15.2 Å². The van der Waals surface area contributed by atoms with Crippen LogP contribution >= 0.6 is 11.6 Å². The molecule has 0 aliphatic heterocycles. The van der Waals surface area contributed by atoms with Gasteiger partial charge in [-0.1, -0.05) is 6.92 Å². The molecule has 0 bridgehead atoms. The topological polar surface area (TPSA) is 92.7 Å². The summed E-state index contributed by atoms with van der Waals surface area (Å²) in [6.07, 6.45) is -0.727. The average molecular weight is 252 g/mol. The van der Waals surface area contributed by atoms with Crippen molar-refractivity contribution >= 4 is 29.6 Å². The summed E-state index contributed by atoms with van der Waals surface area (Å²) in [7, 11) is 0. The van der Waals surface area contributed by atoms with Crippen LogP contribution in [0.5, 0.6) is 0 Å². The molecule has 0 aliphatic rings. The van der Waals surface area contributed by atoms with Crippen LogP contribution < -0.4 is 5.32 Å². The van der Waals surface area contributed by atoms with Gasteiger partial charge in [0.2, 0.25) is 5.91 Å². The first kappa shape index (κ1) is 14.7. The van der Waals surface area contributed by atoms with Gasteiger partial charge in [0.05, 0.1) is 0 Å². The summed E-state index contributed by atoms with van der Waals surface area (Å²) in [5.74, 6) is -0.979. The summed E-state index contributed by atoms with van der Waals surface area (Å²) in [5, 5.41) is 10.6. The molecule has 92 valence electrons. The fraction of sp³-hybridized carbons (Fsp3) is 0.667. The molecule has 0 fully saturated rings. The van der Waals surface area contributed by atoms with Crippen molar-refractivity contribution in [2.24, 2.45) is 0 Å². The number of nitrogens with one attached hydrogen (secondary N) is 1. The summed E-state index contributed by atoms with van der Waals surface area (Å²) in [4.78, 5) is 32.5. The van der Waals surface area contributed by atoms with E-state index in [0.29, 0.717) is 12.3 Å². The second-order valence-electron chi connectivity index (χ2n) is 3.01. The Morgan fingerprint density at radius 3 is 2.50 bits per heavy atom. The minimum Gasteiger partial charge on any atom is -0.449 e. The highest BCUT2D eigenvalue weighted by molar-refractivity contribution is 6.17. The molecule has 16 heavy (non-hydrogen) atoms. The maximum Gasteiger partial charge on any atom is 0.513 e. The molecule has 0 aromatic heterocycles. The van der Waals surface area contributed by atoms with E-state index >= 15 is 0 Å². The summed E-state index contributed by atoms with van der Waals surface area (Å²) >= 11 is 5.40. The van der Waals surface area contributed by atoms with Crippen molar-refractivity contribution in [3.05, 3.63) is 0 Å². The lowest BCUT2D eigenvalue weighted by molar-refractivity contribution is -0.143. The Bertz CT molecular complexity index is 269. The summed E-state index contributed by atoms with van der Waals surface area (Å²) in [6.45, 7) is 1.63. The van der Waals surface area contributed by atoms with Crippen LogP contribution in [0.4, 0.5) is 4.79 Å². The molecule has 7 heteroatoms. The molecule has 0 aliphatic carbocycles. The third-order valence-electron chi connectivity index (χ3n) is 1.75. The number of carbonyl (C=O) groups excluding carboxylic acids is 2. The molecule has 6 nitrogen and oxygen atoms in total. The van der Waals surface area contributed by atoms with Gasteiger partial charge in [0.25, 0.3) is 0 Å². The standard InChI is InChI=1S/C9H14ClNO5/c1-2-6(8(13)16-9(14)15)11-7(12)4-3-5-10/h6H,2-5H2,1H3,(H,11,12)(H,14,15)/t6-/m0/s1. The normalized spacial score (nSPS) is 11.6. The summed E-state index contributed by atoms with van der Waals surface area (Å²) in [6, 6.07) is -0.932. The largest absolute Gasteiger partial charge is 0.513 e. The number of hydrogen-bond donors (Lipinski definition) is 2. The number of carbonyl (C=O) groups is 3. The van der Waals surface area contributed by atoms with Crippen molar-refractivity contribution in [2.45, 2.75) is 32.2 Å². The van der Waals surface area contributed by atoms with Gasteiger partial charge >= 0.3 is 12.1 Å². The number of halogens is 1. The molecule has 1 amide bonds. The van der Waals surface area contributed by atoms with E-state index in [4.69, 9.17) is 16.7 Å². The van der Waals surface area contributed by atoms with Crippen molar-refractivity contribution in [1.82, 2.24) is 5.32 Å². The Morgan fingerprint density at radius 2 is 2.06 bits per heavy atom. The summed E-state index contributed by atoms with van der Waals surface area (Å²) < 4.78 is 3.95. The van der Waals surface area contributed by atoms with Crippen LogP contribution in [0.1, 0.15) is 26.2 Å². The maximum absolute atomic E-state index is 11.2. The van der Waals surface area contributed by atoms with E-state index in [-0.39, 0.29) is 18.7 Å². The highest BCUT2D eigenvalue weighted by atomic mass is 35.5. The fourth-order valence-electron chi connectivity index (χ4n) is 0.979. The maximum atomic E-state index is 11.2. The van der Waals surface area contributed by atoms with Crippen molar-refractivity contribution < 1.29 is 24.2 Å². The number of rotatable bonds is 6. The lowest BCUT2D eigenvalue weighted by Crippen LogP contribution is -2.41. The molecule has 0 heterocycles. The molecule has 0 rings (SSSR count). The molecule has 0 radical (unpaired) electrons. The molecular formula is C9H14ClNO5. The molecule has 1 atom stereocenters. The van der Waals surface area contributed by atoms with Crippen LogP contribution in [0.25, 0.3) is 0 Å². The zero-order valence-electron chi connectivity index (χ0n) is 8.86. The molecule has 0 unspecified atom stereocenters. The average Bonchev–Trinajstić information content (AvgIpc) is 2.21. The first-order valence-electron chi connectivity index (χ1n) is 4.81. The van der Waals surface area contributed by atoms with Gasteiger partial charge in [0, 0.05) is 12.3 Å². The number of ether oxygens (including phenoxy) is 1. The quantitative estimate of drug-likeness (QED) is 0.419. The smallest absolute Gasteiger partial charge is 0.449 e. The second kappa shape index (κ2) is 7.92. The zero-order chi connectivity index (χ0) is 12.6. The third kappa shape index (κ3) is 6.23. The molecular weight excluding hydrogens is 238 g/mol. The Kier molecular flexibility index (Phi) is 7.28. The van der Waals surface area contributed by atoms with Gasteiger partial charge in [-0.25, -0.2) is 9.59 Å². The van der Waals surface area contributed by atoms with Gasteiger partial charge in [-0.15, -0.1) is 11.6 Å². The fourth-order valence-corrected chi connectivity index (χ4v) is 1.11. The Morgan fingerprint density at radius 1 is 1.44 bits per heavy atom. The first-order valence-corrected chi connectivity index (χ1v) is 5.34. The number of alkyl halides is 1. The van der Waals surface area contributed by atoms with E-state index in [0.717, 1.165) is 0 Å². The minimum atomic E-state index is -1.68. The molecule has 2 N–H and O–H groups in total. The van der Waals surface area contributed by atoms with E-state index in [1.54, 1.807) is 6.92 Å². The predicted octanol–water partition coefficient (Wildman–Crippen LogP) is 1.12. The molecule has 0 saturated heterocycles. The SMILES string of the molecule is CC[C@H](NC(=O)CCCCl)C(=O)OC(=O)O. The van der Waals surface area contributed by atoms with Crippen molar-refractivity contribution in [3.8, 4) is 0 Å². The van der Waals surface area contributed by atoms with Gasteiger partial charge in [0.15, 0.2) is 0 Å². The zero-order valence-corrected chi connectivity index (χ0v) is 9.62. The van der Waals surface area contributed by atoms with Gasteiger partial charge in [0.1, 0.15) is 6.04 Å². The van der Waals surface area contributed by atoms with Crippen LogP contribution in [0.15, 0.2) is 0 Å². The van der Waals surface area contributed by atoms with Crippen molar-refractivity contribution in [1.29, 1.82) is 0 Å². The second-order valence-corrected chi connectivity index (χ2v) is 3.39. The number of amides is 1. The van der Waals surface area contributed by atoms with Gasteiger partial charge in [-0.2, -0.15) is 0 Å². The Labute approximate surface area is 97.9 Å². The molecule has 0 aromatic rings. The van der Waals surface area contributed by atoms with Crippen LogP contribution in [0, 0.1) is 0 Å². The van der Waals surface area contributed by atoms with E-state index in [1.165, 1.54) is 0 Å². The van der Waals surface area contributed by atoms with E-state index in [2.05, 4.69) is 10.1 Å². The van der Waals surface area contributed by atoms with Crippen LogP contribution in [-0.4, -0.2) is 35.1 Å². The van der Waals surface area contributed by atoms with Crippen LogP contribution in [-0.2, 0) is 14.3 Å². The lowest BCUT2D eigenvalue weighted by atomic mass is 10.2. The highest BCUT2D eigenvalue weighted by Gasteiger charge is 2.22. The van der Waals surface area contributed by atoms with Crippen LogP contribution in [0.2, 0.25) is 0 Å². The summed E-state index contributed by atoms with van der Waals surface area (Å²) in [5.41, 5.74) is 0. The van der Waals surface area contributed by atoms with E-state index in [9.17, 15) is 14.4 Å². The number of hydrogen-bond acceptors (Lipinski definition) is 4. The van der Waals surface area contributed by atoms with Gasteiger partial charge in [-0.05, 0) is 12.8 Å². The van der Waals surface area contributed by atoms with E-state index in [1.807, 2.05) is 0 Å². The van der Waals surface area contributed by atoms with Crippen LogP contribution in [0.3, 0.4) is 0 Å². The third-order valence-corrected chi connectivity index (χ3v) is 2.02. The minimum absolute atomic E-state index is 0.195. The molecule has 0 aromatic carbocycles. The highest BCUT2D eigenvalue weighted by Crippen LogP contribution is 1.98. The lowest BCUT2D eigenvalue weighted by Gasteiger charge is -2.13. The molecule has 0 saturated carbocycles. The Hall–Kier alpha value is -1.30. The van der Waals surface area contributed by atoms with Crippen molar-refractivity contribution in [2.75, 3.05) is 5.88 Å². The monoisotopic (exact) mass is 251 g/mol. The first-order chi connectivity index (χ1) is 7.51. The predicted molar refractivity (Wildman–Crippen MR) is 56.3 cm³/mol. The van der Waals surface area contributed by atoms with E-state index < -0.39 is 18.2 Å². The molecule has 0 spiro atoms. The number of esters is 1. The Balaban J connectivity index is 4.13. The van der Waals surface area contributed by atoms with Crippen molar-refractivity contribution in [3.63, 3.8) is 0 Å².